The van der Waals surface area contributed by atoms with Crippen molar-refractivity contribution in [2.75, 3.05) is 18.5 Å². The molecule has 0 fully saturated rings. The maximum atomic E-state index is 12.0. The van der Waals surface area contributed by atoms with Gasteiger partial charge in [-0.2, -0.15) is 13.2 Å². The number of benzene rings is 1. The summed E-state index contributed by atoms with van der Waals surface area (Å²) in [7, 11) is 0. The number of hydrogen-bond donors (Lipinski definition) is 1. The van der Waals surface area contributed by atoms with E-state index in [0.717, 1.165) is 5.56 Å². The first-order valence-corrected chi connectivity index (χ1v) is 4.96. The number of anilines is 1. The molecule has 0 spiro atoms. The van der Waals surface area contributed by atoms with Gasteiger partial charge in [-0.25, -0.2) is 0 Å². The van der Waals surface area contributed by atoms with Crippen LogP contribution in [0, 0.1) is 6.92 Å². The van der Waals surface area contributed by atoms with Crippen molar-refractivity contribution in [1.82, 2.24) is 0 Å². The largest absolute Gasteiger partial charge is 0.494 e. The van der Waals surface area contributed by atoms with E-state index in [1.54, 1.807) is 25.1 Å². The van der Waals surface area contributed by atoms with Gasteiger partial charge in [0.25, 0.3) is 0 Å². The summed E-state index contributed by atoms with van der Waals surface area (Å²) in [6, 6.07) is 4.87. The molecule has 1 rings (SSSR count). The molecule has 0 aliphatic carbocycles. The molecule has 0 radical (unpaired) electrons. The van der Waals surface area contributed by atoms with E-state index in [2.05, 4.69) is 5.32 Å². The molecule has 90 valence electrons. The Hall–Kier alpha value is -1.39. The Morgan fingerprint density at radius 1 is 1.31 bits per heavy atom. The molecule has 0 aliphatic rings. The van der Waals surface area contributed by atoms with Crippen LogP contribution in [0.15, 0.2) is 18.2 Å². The Labute approximate surface area is 92.4 Å². The third-order valence-electron chi connectivity index (χ3n) is 1.97. The Bertz CT molecular complexity index is 350. The van der Waals surface area contributed by atoms with Crippen molar-refractivity contribution in [3.8, 4) is 5.75 Å². The minimum Gasteiger partial charge on any atom is -0.494 e. The smallest absolute Gasteiger partial charge is 0.405 e. The summed E-state index contributed by atoms with van der Waals surface area (Å²) in [4.78, 5) is 0. The number of aryl methyl sites for hydroxylation is 1. The van der Waals surface area contributed by atoms with E-state index < -0.39 is 12.7 Å². The SMILES string of the molecule is CCOc1ccc(NCC(F)(F)F)cc1C. The van der Waals surface area contributed by atoms with Crippen LogP contribution in [-0.2, 0) is 0 Å². The molecule has 5 heteroatoms. The molecule has 0 heterocycles. The molecule has 0 bridgehead atoms. The van der Waals surface area contributed by atoms with Crippen LogP contribution in [0.4, 0.5) is 18.9 Å². The second kappa shape index (κ2) is 5.09. The molecule has 0 saturated heterocycles. The van der Waals surface area contributed by atoms with Gasteiger partial charge in [0.15, 0.2) is 0 Å². The fourth-order valence-corrected chi connectivity index (χ4v) is 1.28. The summed E-state index contributed by atoms with van der Waals surface area (Å²) in [6.45, 7) is 3.16. The first kappa shape index (κ1) is 12.7. The van der Waals surface area contributed by atoms with Crippen molar-refractivity contribution in [1.29, 1.82) is 0 Å². The summed E-state index contributed by atoms with van der Waals surface area (Å²) < 4.78 is 41.2. The topological polar surface area (TPSA) is 21.3 Å². The second-order valence-electron chi connectivity index (χ2n) is 3.38. The highest BCUT2D eigenvalue weighted by Crippen LogP contribution is 2.23. The van der Waals surface area contributed by atoms with Gasteiger partial charge in [-0.05, 0) is 37.6 Å². The van der Waals surface area contributed by atoms with Crippen LogP contribution in [0.25, 0.3) is 0 Å². The van der Waals surface area contributed by atoms with Crippen LogP contribution in [0.3, 0.4) is 0 Å². The normalized spacial score (nSPS) is 11.3. The number of alkyl halides is 3. The second-order valence-corrected chi connectivity index (χ2v) is 3.38. The number of halogens is 3. The van der Waals surface area contributed by atoms with Gasteiger partial charge in [-0.1, -0.05) is 0 Å². The highest BCUT2D eigenvalue weighted by Gasteiger charge is 2.26. The van der Waals surface area contributed by atoms with Crippen molar-refractivity contribution in [2.45, 2.75) is 20.0 Å². The van der Waals surface area contributed by atoms with Gasteiger partial charge in [0.05, 0.1) is 6.61 Å². The molecule has 1 N–H and O–H groups in total. The molecule has 0 amide bonds. The summed E-state index contributed by atoms with van der Waals surface area (Å²) in [5.74, 6) is 0.694. The van der Waals surface area contributed by atoms with Crippen molar-refractivity contribution in [2.24, 2.45) is 0 Å². The summed E-state index contributed by atoms with van der Waals surface area (Å²) in [5, 5.41) is 2.31. The number of nitrogens with one attached hydrogen (secondary N) is 1. The lowest BCUT2D eigenvalue weighted by molar-refractivity contribution is -0.115. The fourth-order valence-electron chi connectivity index (χ4n) is 1.28. The monoisotopic (exact) mass is 233 g/mol. The van der Waals surface area contributed by atoms with E-state index in [9.17, 15) is 13.2 Å². The van der Waals surface area contributed by atoms with E-state index >= 15 is 0 Å². The third kappa shape index (κ3) is 4.00. The molecule has 1 aromatic carbocycles. The number of ether oxygens (including phenoxy) is 1. The van der Waals surface area contributed by atoms with Crippen LogP contribution >= 0.6 is 0 Å². The molecule has 0 saturated carbocycles. The zero-order valence-corrected chi connectivity index (χ0v) is 9.19. The summed E-state index contributed by atoms with van der Waals surface area (Å²) in [6.07, 6.45) is -4.20. The lowest BCUT2D eigenvalue weighted by atomic mass is 10.2. The zero-order chi connectivity index (χ0) is 12.2. The molecule has 0 unspecified atom stereocenters. The van der Waals surface area contributed by atoms with E-state index in [-0.39, 0.29) is 0 Å². The lowest BCUT2D eigenvalue weighted by Crippen LogP contribution is -2.21. The quantitative estimate of drug-likeness (QED) is 0.860. The number of rotatable bonds is 4. The molecular formula is C11H14F3NO. The maximum Gasteiger partial charge on any atom is 0.405 e. The molecule has 16 heavy (non-hydrogen) atoms. The number of hydrogen-bond acceptors (Lipinski definition) is 2. The Morgan fingerprint density at radius 3 is 2.50 bits per heavy atom. The van der Waals surface area contributed by atoms with Gasteiger partial charge in [0.2, 0.25) is 0 Å². The van der Waals surface area contributed by atoms with E-state index in [1.165, 1.54) is 0 Å². The minimum absolute atomic E-state index is 0.443. The predicted octanol–water partition coefficient (Wildman–Crippen LogP) is 3.37. The molecule has 0 aliphatic heterocycles. The van der Waals surface area contributed by atoms with E-state index in [4.69, 9.17) is 4.74 Å². The van der Waals surface area contributed by atoms with Crippen LogP contribution in [0.2, 0.25) is 0 Å². The van der Waals surface area contributed by atoms with Crippen molar-refractivity contribution >= 4 is 5.69 Å². The van der Waals surface area contributed by atoms with E-state index in [0.29, 0.717) is 18.0 Å². The average Bonchev–Trinajstić information content (AvgIpc) is 2.18. The minimum atomic E-state index is -4.20. The molecule has 0 aromatic heterocycles. The highest BCUT2D eigenvalue weighted by atomic mass is 19.4. The zero-order valence-electron chi connectivity index (χ0n) is 9.19. The first-order chi connectivity index (χ1) is 7.42. The molecular weight excluding hydrogens is 219 g/mol. The molecule has 2 nitrogen and oxygen atoms in total. The first-order valence-electron chi connectivity index (χ1n) is 4.96. The van der Waals surface area contributed by atoms with E-state index in [1.807, 2.05) is 6.92 Å². The van der Waals surface area contributed by atoms with Crippen molar-refractivity contribution in [3.05, 3.63) is 23.8 Å². The molecule has 0 atom stereocenters. The van der Waals surface area contributed by atoms with Crippen molar-refractivity contribution < 1.29 is 17.9 Å². The van der Waals surface area contributed by atoms with Gasteiger partial charge in [0, 0.05) is 5.69 Å². The highest BCUT2D eigenvalue weighted by molar-refractivity contribution is 5.50. The third-order valence-corrected chi connectivity index (χ3v) is 1.97. The van der Waals surface area contributed by atoms with Crippen LogP contribution < -0.4 is 10.1 Å². The lowest BCUT2D eigenvalue weighted by Gasteiger charge is -2.12. The maximum absolute atomic E-state index is 12.0. The van der Waals surface area contributed by atoms with Crippen LogP contribution in [0.1, 0.15) is 12.5 Å². The van der Waals surface area contributed by atoms with Crippen LogP contribution in [-0.4, -0.2) is 19.3 Å². The Morgan fingerprint density at radius 2 is 2.00 bits per heavy atom. The Balaban J connectivity index is 2.66. The fraction of sp³-hybridized carbons (Fsp3) is 0.455. The Kier molecular flexibility index (Phi) is 4.04. The average molecular weight is 233 g/mol. The molecule has 1 aromatic rings. The van der Waals surface area contributed by atoms with Gasteiger partial charge >= 0.3 is 6.18 Å². The van der Waals surface area contributed by atoms with Gasteiger partial charge < -0.3 is 10.1 Å². The van der Waals surface area contributed by atoms with Gasteiger partial charge in [-0.15, -0.1) is 0 Å². The van der Waals surface area contributed by atoms with Crippen molar-refractivity contribution in [3.63, 3.8) is 0 Å². The summed E-state index contributed by atoms with van der Waals surface area (Å²) in [5.41, 5.74) is 1.26. The standard InChI is InChI=1S/C11H14F3NO/c1-3-16-10-5-4-9(6-8(10)2)15-7-11(12,13)14/h4-6,15H,3,7H2,1-2H3. The predicted molar refractivity (Wildman–Crippen MR) is 56.9 cm³/mol. The summed E-state index contributed by atoms with van der Waals surface area (Å²) >= 11 is 0. The van der Waals surface area contributed by atoms with Crippen LogP contribution in [0.5, 0.6) is 5.75 Å². The van der Waals surface area contributed by atoms with Gasteiger partial charge in [-0.3, -0.25) is 0 Å². The van der Waals surface area contributed by atoms with Gasteiger partial charge in [0.1, 0.15) is 12.3 Å².